The zero-order valence-electron chi connectivity index (χ0n) is 10.6. The Morgan fingerprint density at radius 1 is 1.57 bits per heavy atom. The maximum absolute atomic E-state index is 11.0. The van der Waals surface area contributed by atoms with Gasteiger partial charge in [-0.3, -0.25) is 10.1 Å². The molecule has 9 heteroatoms. The molecule has 0 aliphatic heterocycles. The minimum atomic E-state index is -1.08. The smallest absolute Gasteiger partial charge is 0.347 e. The lowest BCUT2D eigenvalue weighted by Crippen LogP contribution is -1.94. The van der Waals surface area contributed by atoms with E-state index in [-0.39, 0.29) is 16.1 Å². The van der Waals surface area contributed by atoms with Crippen LogP contribution in [0.25, 0.3) is 0 Å². The van der Waals surface area contributed by atoms with E-state index < -0.39 is 10.9 Å². The third-order valence-electron chi connectivity index (χ3n) is 2.45. The van der Waals surface area contributed by atoms with Crippen LogP contribution in [0.2, 0.25) is 0 Å². The average molecular weight is 321 g/mol. The summed E-state index contributed by atoms with van der Waals surface area (Å²) in [5.41, 5.74) is 0.350. The van der Waals surface area contributed by atoms with Crippen LogP contribution >= 0.6 is 23.1 Å². The standard InChI is InChI=1S/C12H7N3O4S2/c1-6-10(11(16)17)21-12(14-6)20-9-3-2-7(5-13)4-8(9)15(18)19/h2-4H,1H3,(H,16,17). The van der Waals surface area contributed by atoms with Crippen LogP contribution < -0.4 is 0 Å². The van der Waals surface area contributed by atoms with Crippen molar-refractivity contribution in [2.24, 2.45) is 0 Å². The quantitative estimate of drug-likeness (QED) is 0.679. The van der Waals surface area contributed by atoms with Crippen molar-refractivity contribution >= 4 is 34.8 Å². The molecule has 1 aromatic carbocycles. The first-order valence-electron chi connectivity index (χ1n) is 5.49. The zero-order valence-corrected chi connectivity index (χ0v) is 12.2. The number of thiazole rings is 1. The molecule has 0 atom stereocenters. The van der Waals surface area contributed by atoms with E-state index >= 15 is 0 Å². The van der Waals surface area contributed by atoms with E-state index in [0.717, 1.165) is 23.1 Å². The Kier molecular flexibility index (Phi) is 4.21. The number of hydrogen-bond acceptors (Lipinski definition) is 7. The summed E-state index contributed by atoms with van der Waals surface area (Å²) in [5.74, 6) is -1.08. The molecule has 1 aromatic heterocycles. The minimum absolute atomic E-state index is 0.105. The summed E-state index contributed by atoms with van der Waals surface area (Å²) in [6, 6.07) is 5.94. The molecular formula is C12H7N3O4S2. The number of carboxylic acid groups (broad SMARTS) is 1. The van der Waals surface area contributed by atoms with E-state index in [0.29, 0.717) is 14.9 Å². The number of benzene rings is 1. The second-order valence-corrected chi connectivity index (χ2v) is 6.14. The summed E-state index contributed by atoms with van der Waals surface area (Å²) in [4.78, 5) is 25.9. The summed E-state index contributed by atoms with van der Waals surface area (Å²) in [6.45, 7) is 1.57. The summed E-state index contributed by atoms with van der Waals surface area (Å²) < 4.78 is 0.401. The normalized spacial score (nSPS) is 10.1. The Balaban J connectivity index is 2.40. The second kappa shape index (κ2) is 5.90. The molecule has 0 bridgehead atoms. The molecule has 21 heavy (non-hydrogen) atoms. The minimum Gasteiger partial charge on any atom is -0.477 e. The van der Waals surface area contributed by atoms with E-state index in [2.05, 4.69) is 4.98 Å². The highest BCUT2D eigenvalue weighted by molar-refractivity contribution is 8.01. The Morgan fingerprint density at radius 2 is 2.29 bits per heavy atom. The van der Waals surface area contributed by atoms with Crippen LogP contribution in [0.5, 0.6) is 0 Å². The highest BCUT2D eigenvalue weighted by Crippen LogP contribution is 2.38. The van der Waals surface area contributed by atoms with Crippen LogP contribution in [0.4, 0.5) is 5.69 Å². The van der Waals surface area contributed by atoms with Gasteiger partial charge in [0.1, 0.15) is 4.88 Å². The predicted octanol–water partition coefficient (Wildman–Crippen LogP) is 3.08. The highest BCUT2D eigenvalue weighted by Gasteiger charge is 2.20. The first kappa shape index (κ1) is 15.0. The molecule has 0 aliphatic carbocycles. The first-order chi connectivity index (χ1) is 9.92. The summed E-state index contributed by atoms with van der Waals surface area (Å²) in [5, 5.41) is 28.8. The van der Waals surface area contributed by atoms with Crippen molar-refractivity contribution in [1.82, 2.24) is 4.98 Å². The lowest BCUT2D eigenvalue weighted by Gasteiger charge is -2.00. The molecule has 0 radical (unpaired) electrons. The molecule has 0 saturated carbocycles. The molecule has 0 spiro atoms. The van der Waals surface area contributed by atoms with Gasteiger partial charge in [0.15, 0.2) is 4.34 Å². The number of nitro benzene ring substituents is 1. The van der Waals surface area contributed by atoms with E-state index in [4.69, 9.17) is 10.4 Å². The number of aromatic nitrogens is 1. The molecule has 0 unspecified atom stereocenters. The monoisotopic (exact) mass is 321 g/mol. The molecule has 0 saturated heterocycles. The van der Waals surface area contributed by atoms with Crippen molar-refractivity contribution in [3.8, 4) is 6.07 Å². The fourth-order valence-electron chi connectivity index (χ4n) is 1.52. The number of hydrogen-bond donors (Lipinski definition) is 1. The molecule has 106 valence electrons. The van der Waals surface area contributed by atoms with Crippen molar-refractivity contribution < 1.29 is 14.8 Å². The highest BCUT2D eigenvalue weighted by atomic mass is 32.2. The van der Waals surface area contributed by atoms with Crippen LogP contribution in [-0.4, -0.2) is 21.0 Å². The molecule has 0 amide bonds. The van der Waals surface area contributed by atoms with Gasteiger partial charge in [0.2, 0.25) is 0 Å². The van der Waals surface area contributed by atoms with Crippen LogP contribution in [0.1, 0.15) is 20.9 Å². The Labute approximate surface area is 127 Å². The van der Waals surface area contributed by atoms with Crippen molar-refractivity contribution in [3.63, 3.8) is 0 Å². The molecule has 0 fully saturated rings. The molecule has 2 rings (SSSR count). The SMILES string of the molecule is Cc1nc(Sc2ccc(C#N)cc2[N+](=O)[O-])sc1C(=O)O. The molecule has 1 heterocycles. The molecule has 7 nitrogen and oxygen atoms in total. The maximum atomic E-state index is 11.0. The number of aryl methyl sites for hydroxylation is 1. The summed E-state index contributed by atoms with van der Waals surface area (Å²) >= 11 is 1.96. The van der Waals surface area contributed by atoms with Gasteiger partial charge in [-0.05, 0) is 19.1 Å². The fraction of sp³-hybridized carbons (Fsp3) is 0.0833. The van der Waals surface area contributed by atoms with Crippen LogP contribution in [0.3, 0.4) is 0 Å². The lowest BCUT2D eigenvalue weighted by molar-refractivity contribution is -0.387. The Hall–Kier alpha value is -2.44. The zero-order chi connectivity index (χ0) is 15.6. The third kappa shape index (κ3) is 3.18. The Morgan fingerprint density at radius 3 is 2.81 bits per heavy atom. The van der Waals surface area contributed by atoms with Crippen LogP contribution in [0, 0.1) is 28.4 Å². The molecular weight excluding hydrogens is 314 g/mol. The average Bonchev–Trinajstić information content (AvgIpc) is 2.80. The van der Waals surface area contributed by atoms with Gasteiger partial charge in [-0.2, -0.15) is 5.26 Å². The van der Waals surface area contributed by atoms with Gasteiger partial charge in [-0.25, -0.2) is 9.78 Å². The number of carboxylic acids is 1. The number of rotatable bonds is 4. The van der Waals surface area contributed by atoms with Crippen molar-refractivity contribution in [1.29, 1.82) is 5.26 Å². The number of nitrogens with zero attached hydrogens (tertiary/aromatic N) is 3. The van der Waals surface area contributed by atoms with E-state index in [9.17, 15) is 14.9 Å². The largest absolute Gasteiger partial charge is 0.477 e. The number of carbonyl (C=O) groups is 1. The number of nitriles is 1. The van der Waals surface area contributed by atoms with Crippen LogP contribution in [-0.2, 0) is 0 Å². The van der Waals surface area contributed by atoms with Gasteiger partial charge in [0.05, 0.1) is 27.1 Å². The van der Waals surface area contributed by atoms with Gasteiger partial charge < -0.3 is 5.11 Å². The van der Waals surface area contributed by atoms with Gasteiger partial charge in [-0.15, -0.1) is 11.3 Å². The van der Waals surface area contributed by atoms with Gasteiger partial charge in [0.25, 0.3) is 5.69 Å². The van der Waals surface area contributed by atoms with Gasteiger partial charge >= 0.3 is 5.97 Å². The van der Waals surface area contributed by atoms with Crippen molar-refractivity contribution in [3.05, 3.63) is 44.4 Å². The van der Waals surface area contributed by atoms with E-state index in [1.54, 1.807) is 6.92 Å². The van der Waals surface area contributed by atoms with E-state index in [1.807, 2.05) is 6.07 Å². The summed E-state index contributed by atoms with van der Waals surface area (Å²) in [7, 11) is 0. The lowest BCUT2D eigenvalue weighted by atomic mass is 10.2. The van der Waals surface area contributed by atoms with Gasteiger partial charge in [0, 0.05) is 6.07 Å². The topological polar surface area (TPSA) is 117 Å². The molecule has 1 N–H and O–H groups in total. The van der Waals surface area contributed by atoms with Crippen LogP contribution in [0.15, 0.2) is 27.4 Å². The van der Waals surface area contributed by atoms with Crippen molar-refractivity contribution in [2.45, 2.75) is 16.2 Å². The summed E-state index contributed by atoms with van der Waals surface area (Å²) in [6.07, 6.45) is 0. The Bertz CT molecular complexity index is 779. The first-order valence-corrected chi connectivity index (χ1v) is 7.12. The molecule has 0 aliphatic rings. The number of aromatic carboxylic acids is 1. The molecule has 2 aromatic rings. The maximum Gasteiger partial charge on any atom is 0.347 e. The van der Waals surface area contributed by atoms with Gasteiger partial charge in [-0.1, -0.05) is 11.8 Å². The van der Waals surface area contributed by atoms with E-state index in [1.165, 1.54) is 18.2 Å². The predicted molar refractivity (Wildman–Crippen MR) is 75.7 cm³/mol. The second-order valence-electron chi connectivity index (χ2n) is 3.85. The number of nitro groups is 1. The fourth-order valence-corrected chi connectivity index (χ4v) is 3.59. The van der Waals surface area contributed by atoms with Crippen molar-refractivity contribution in [2.75, 3.05) is 0 Å². The third-order valence-corrected chi connectivity index (χ3v) is 4.72.